The Bertz CT molecular complexity index is 413. The summed E-state index contributed by atoms with van der Waals surface area (Å²) in [6.45, 7) is 7.02. The lowest BCUT2D eigenvalue weighted by Crippen LogP contribution is -2.34. The summed E-state index contributed by atoms with van der Waals surface area (Å²) in [5.41, 5.74) is 1.54. The molecule has 3 aliphatic carbocycles. The summed E-state index contributed by atoms with van der Waals surface area (Å²) in [5.74, 6) is 1.82. The minimum atomic E-state index is -0.102. The van der Waals surface area contributed by atoms with Gasteiger partial charge in [0.15, 0.2) is 5.78 Å². The van der Waals surface area contributed by atoms with E-state index in [0.717, 1.165) is 18.8 Å². The molecule has 0 N–H and O–H groups in total. The number of fused-ring (bicyclic) bond motifs is 1. The highest BCUT2D eigenvalue weighted by Gasteiger charge is 2.60. The smallest absolute Gasteiger partial charge is 0.165 e. The van der Waals surface area contributed by atoms with Crippen molar-refractivity contribution in [2.45, 2.75) is 40.0 Å². The molecule has 0 aliphatic heterocycles. The number of rotatable bonds is 0. The zero-order chi connectivity index (χ0) is 11.6. The van der Waals surface area contributed by atoms with Gasteiger partial charge < -0.3 is 0 Å². The molecule has 1 heteroatoms. The first-order valence-electron chi connectivity index (χ1n) is 6.42. The zero-order valence-corrected chi connectivity index (χ0v) is 10.4. The van der Waals surface area contributed by atoms with Crippen molar-refractivity contribution in [3.63, 3.8) is 0 Å². The van der Waals surface area contributed by atoms with E-state index in [9.17, 15) is 4.79 Å². The maximum atomic E-state index is 12.3. The van der Waals surface area contributed by atoms with Crippen molar-refractivity contribution in [2.75, 3.05) is 0 Å². The quantitative estimate of drug-likeness (QED) is 0.605. The molecule has 0 radical (unpaired) electrons. The Morgan fingerprint density at radius 3 is 2.88 bits per heavy atom. The van der Waals surface area contributed by atoms with Crippen LogP contribution in [0.3, 0.4) is 0 Å². The number of ketones is 1. The lowest BCUT2D eigenvalue weighted by molar-refractivity contribution is -0.123. The fourth-order valence-corrected chi connectivity index (χ4v) is 4.50. The van der Waals surface area contributed by atoms with Gasteiger partial charge in [0.05, 0.1) is 5.41 Å². The summed E-state index contributed by atoms with van der Waals surface area (Å²) in [7, 11) is 0. The topological polar surface area (TPSA) is 17.1 Å². The summed E-state index contributed by atoms with van der Waals surface area (Å²) in [4.78, 5) is 12.3. The van der Waals surface area contributed by atoms with E-state index in [-0.39, 0.29) is 10.8 Å². The van der Waals surface area contributed by atoms with E-state index in [1.54, 1.807) is 6.08 Å². The second-order valence-corrected chi connectivity index (χ2v) is 6.43. The minimum absolute atomic E-state index is 0.102. The Kier molecular flexibility index (Phi) is 1.86. The monoisotopic (exact) mass is 216 g/mol. The van der Waals surface area contributed by atoms with Crippen molar-refractivity contribution in [3.05, 3.63) is 23.8 Å². The SMILES string of the molecule is C[C@@H]1CC[C@]23C[C@H]1C(C)(C)C2=CC=CC3=O. The standard InChI is InChI=1S/C15H20O/c1-10-7-8-15-9-11(10)14(2,3)12(15)5-4-6-13(15)16/h4-6,10-11H,7-9H2,1-3H3/t10-,11-,15+/m1/s1. The van der Waals surface area contributed by atoms with E-state index >= 15 is 0 Å². The molecule has 3 rings (SSSR count). The third kappa shape index (κ3) is 0.996. The van der Waals surface area contributed by atoms with Gasteiger partial charge in [-0.15, -0.1) is 0 Å². The molecule has 0 aromatic carbocycles. The molecule has 0 aromatic heterocycles. The van der Waals surface area contributed by atoms with Crippen LogP contribution in [0.2, 0.25) is 0 Å². The molecule has 2 fully saturated rings. The molecule has 0 heterocycles. The molecule has 16 heavy (non-hydrogen) atoms. The summed E-state index contributed by atoms with van der Waals surface area (Å²) < 4.78 is 0. The van der Waals surface area contributed by atoms with Crippen LogP contribution in [0.4, 0.5) is 0 Å². The van der Waals surface area contributed by atoms with Crippen LogP contribution in [0.25, 0.3) is 0 Å². The van der Waals surface area contributed by atoms with Crippen molar-refractivity contribution in [2.24, 2.45) is 22.7 Å². The van der Waals surface area contributed by atoms with Crippen LogP contribution in [-0.2, 0) is 4.79 Å². The number of carbonyl (C=O) groups is 1. The van der Waals surface area contributed by atoms with Crippen LogP contribution in [0.5, 0.6) is 0 Å². The van der Waals surface area contributed by atoms with E-state index < -0.39 is 0 Å². The number of carbonyl (C=O) groups excluding carboxylic acids is 1. The summed E-state index contributed by atoms with van der Waals surface area (Å²) in [6.07, 6.45) is 9.34. The molecule has 3 atom stereocenters. The van der Waals surface area contributed by atoms with Gasteiger partial charge in [0.2, 0.25) is 0 Å². The average molecular weight is 216 g/mol. The molecule has 0 amide bonds. The van der Waals surface area contributed by atoms with Gasteiger partial charge in [-0.2, -0.15) is 0 Å². The Morgan fingerprint density at radius 2 is 2.12 bits per heavy atom. The van der Waals surface area contributed by atoms with Gasteiger partial charge in [-0.1, -0.05) is 38.5 Å². The number of allylic oxidation sites excluding steroid dienone is 4. The Balaban J connectivity index is 2.18. The molecule has 0 saturated heterocycles. The Labute approximate surface area is 97.6 Å². The second kappa shape index (κ2) is 2.88. The van der Waals surface area contributed by atoms with E-state index in [2.05, 4.69) is 26.8 Å². The third-order valence-electron chi connectivity index (χ3n) is 5.40. The average Bonchev–Trinajstić information content (AvgIpc) is 2.43. The Hall–Kier alpha value is -0.850. The van der Waals surface area contributed by atoms with Crippen LogP contribution in [0.15, 0.2) is 23.8 Å². The van der Waals surface area contributed by atoms with Crippen LogP contribution in [0, 0.1) is 22.7 Å². The van der Waals surface area contributed by atoms with Crippen molar-refractivity contribution in [1.29, 1.82) is 0 Å². The lowest BCUT2D eigenvalue weighted by atomic mass is 9.67. The van der Waals surface area contributed by atoms with Crippen LogP contribution < -0.4 is 0 Å². The first kappa shape index (κ1) is 10.3. The van der Waals surface area contributed by atoms with Crippen molar-refractivity contribution in [3.8, 4) is 0 Å². The van der Waals surface area contributed by atoms with E-state index in [4.69, 9.17) is 0 Å². The van der Waals surface area contributed by atoms with Gasteiger partial charge in [-0.05, 0) is 42.6 Å². The highest BCUT2D eigenvalue weighted by atomic mass is 16.1. The first-order valence-corrected chi connectivity index (χ1v) is 6.42. The van der Waals surface area contributed by atoms with Crippen LogP contribution >= 0.6 is 0 Å². The van der Waals surface area contributed by atoms with Gasteiger partial charge in [0, 0.05) is 0 Å². The van der Waals surface area contributed by atoms with Gasteiger partial charge in [0.25, 0.3) is 0 Å². The molecular weight excluding hydrogens is 196 g/mol. The first-order chi connectivity index (χ1) is 7.48. The van der Waals surface area contributed by atoms with Gasteiger partial charge in [-0.25, -0.2) is 0 Å². The lowest BCUT2D eigenvalue weighted by Gasteiger charge is -2.35. The molecular formula is C15H20O. The van der Waals surface area contributed by atoms with Gasteiger partial charge in [0.1, 0.15) is 0 Å². The molecule has 3 aliphatic rings. The van der Waals surface area contributed by atoms with Crippen LogP contribution in [-0.4, -0.2) is 5.78 Å². The van der Waals surface area contributed by atoms with Crippen molar-refractivity contribution >= 4 is 5.78 Å². The molecule has 2 bridgehead atoms. The fraction of sp³-hybridized carbons (Fsp3) is 0.667. The zero-order valence-electron chi connectivity index (χ0n) is 10.4. The van der Waals surface area contributed by atoms with Crippen LogP contribution in [0.1, 0.15) is 40.0 Å². The largest absolute Gasteiger partial charge is 0.294 e. The predicted molar refractivity (Wildman–Crippen MR) is 64.9 cm³/mol. The third-order valence-corrected chi connectivity index (χ3v) is 5.40. The molecule has 0 aromatic rings. The highest BCUT2D eigenvalue weighted by Crippen LogP contribution is 2.66. The van der Waals surface area contributed by atoms with Crippen molar-refractivity contribution in [1.82, 2.24) is 0 Å². The van der Waals surface area contributed by atoms with E-state index in [0.29, 0.717) is 11.7 Å². The summed E-state index contributed by atoms with van der Waals surface area (Å²) in [5, 5.41) is 0. The number of hydrogen-bond donors (Lipinski definition) is 0. The minimum Gasteiger partial charge on any atom is -0.294 e. The highest BCUT2D eigenvalue weighted by molar-refractivity contribution is 5.99. The molecule has 2 saturated carbocycles. The van der Waals surface area contributed by atoms with Gasteiger partial charge in [-0.3, -0.25) is 4.79 Å². The number of hydrogen-bond acceptors (Lipinski definition) is 1. The summed E-state index contributed by atoms with van der Waals surface area (Å²) >= 11 is 0. The normalized spacial score (nSPS) is 44.2. The fourth-order valence-electron chi connectivity index (χ4n) is 4.50. The summed E-state index contributed by atoms with van der Waals surface area (Å²) in [6, 6.07) is 0. The van der Waals surface area contributed by atoms with E-state index in [1.165, 1.54) is 12.0 Å². The maximum Gasteiger partial charge on any atom is 0.165 e. The molecule has 86 valence electrons. The predicted octanol–water partition coefficient (Wildman–Crippen LogP) is 3.51. The van der Waals surface area contributed by atoms with E-state index in [1.807, 2.05) is 6.08 Å². The van der Waals surface area contributed by atoms with Gasteiger partial charge >= 0.3 is 0 Å². The molecule has 1 nitrogen and oxygen atoms in total. The maximum absolute atomic E-state index is 12.3. The molecule has 1 spiro atoms. The van der Waals surface area contributed by atoms with Crippen molar-refractivity contribution < 1.29 is 4.79 Å². The Morgan fingerprint density at radius 1 is 1.38 bits per heavy atom. The molecule has 0 unspecified atom stereocenters. The second-order valence-electron chi connectivity index (χ2n) is 6.43.